The average Bonchev–Trinajstić information content (AvgIpc) is 2.54. The molecule has 21 heavy (non-hydrogen) atoms. The van der Waals surface area contributed by atoms with Gasteiger partial charge in [-0.05, 0) is 24.5 Å². The van der Waals surface area contributed by atoms with E-state index in [2.05, 4.69) is 17.1 Å². The van der Waals surface area contributed by atoms with Crippen molar-refractivity contribution in [2.75, 3.05) is 6.54 Å². The third-order valence-electron chi connectivity index (χ3n) is 3.71. The number of carbonyl (C=O) groups excluding carboxylic acids is 1. The van der Waals surface area contributed by atoms with Crippen molar-refractivity contribution in [2.45, 2.75) is 39.7 Å². The van der Waals surface area contributed by atoms with Crippen LogP contribution >= 0.6 is 0 Å². The Morgan fingerprint density at radius 3 is 2.57 bits per heavy atom. The maximum Gasteiger partial charge on any atom is 0.243 e. The van der Waals surface area contributed by atoms with Gasteiger partial charge in [0.2, 0.25) is 5.91 Å². The first-order valence-electron chi connectivity index (χ1n) is 7.10. The number of nitrogens with zero attached hydrogens (tertiary/aromatic N) is 4. The summed E-state index contributed by atoms with van der Waals surface area (Å²) in [5.41, 5.74) is -0.111. The van der Waals surface area contributed by atoms with Crippen LogP contribution in [-0.2, 0) is 11.3 Å². The molecule has 1 rings (SSSR count). The molecule has 5 heteroatoms. The lowest BCUT2D eigenvalue weighted by Gasteiger charge is -2.30. The molecule has 0 aliphatic rings. The number of carbonyl (C=O) groups is 1. The number of nitriles is 2. The monoisotopic (exact) mass is 284 g/mol. The van der Waals surface area contributed by atoms with Crippen LogP contribution in [-0.4, -0.2) is 22.3 Å². The highest BCUT2D eigenvalue weighted by molar-refractivity contribution is 5.85. The first-order chi connectivity index (χ1) is 10.1. The van der Waals surface area contributed by atoms with Crippen LogP contribution in [0.15, 0.2) is 24.5 Å². The molecule has 0 radical (unpaired) electrons. The van der Waals surface area contributed by atoms with Crippen LogP contribution in [0.1, 0.15) is 38.7 Å². The van der Waals surface area contributed by atoms with E-state index in [4.69, 9.17) is 5.26 Å². The van der Waals surface area contributed by atoms with Gasteiger partial charge in [-0.1, -0.05) is 19.9 Å². The Bertz CT molecular complexity index is 538. The molecule has 0 saturated carbocycles. The molecule has 0 saturated heterocycles. The summed E-state index contributed by atoms with van der Waals surface area (Å²) >= 11 is 0. The van der Waals surface area contributed by atoms with Gasteiger partial charge >= 0.3 is 0 Å². The van der Waals surface area contributed by atoms with E-state index in [1.165, 1.54) is 0 Å². The van der Waals surface area contributed by atoms with Gasteiger partial charge in [-0.15, -0.1) is 0 Å². The van der Waals surface area contributed by atoms with Crippen molar-refractivity contribution >= 4 is 5.91 Å². The van der Waals surface area contributed by atoms with Gasteiger partial charge in [0.05, 0.1) is 18.6 Å². The van der Waals surface area contributed by atoms with Gasteiger partial charge in [0, 0.05) is 25.5 Å². The maximum absolute atomic E-state index is 12.7. The zero-order chi connectivity index (χ0) is 15.7. The molecule has 0 spiro atoms. The Morgan fingerprint density at radius 2 is 2.10 bits per heavy atom. The number of amides is 1. The number of rotatable bonds is 7. The lowest BCUT2D eigenvalue weighted by Crippen LogP contribution is -2.43. The number of hydrogen-bond acceptors (Lipinski definition) is 4. The summed E-state index contributed by atoms with van der Waals surface area (Å²) in [5.74, 6) is -0.200. The van der Waals surface area contributed by atoms with Crippen LogP contribution in [0.25, 0.3) is 0 Å². The van der Waals surface area contributed by atoms with Crippen LogP contribution < -0.4 is 0 Å². The highest BCUT2D eigenvalue weighted by Gasteiger charge is 2.38. The van der Waals surface area contributed by atoms with E-state index in [1.807, 2.05) is 19.9 Å². The van der Waals surface area contributed by atoms with E-state index in [1.54, 1.807) is 23.4 Å². The Balaban J connectivity index is 2.99. The molecule has 0 aromatic carbocycles. The molecule has 110 valence electrons. The van der Waals surface area contributed by atoms with Gasteiger partial charge in [-0.25, -0.2) is 0 Å². The molecule has 1 heterocycles. The Morgan fingerprint density at radius 1 is 1.38 bits per heavy atom. The minimum absolute atomic E-state index is 0.200. The molecule has 1 amide bonds. The predicted molar refractivity (Wildman–Crippen MR) is 78.5 cm³/mol. The van der Waals surface area contributed by atoms with Gasteiger partial charge in [0.1, 0.15) is 5.41 Å². The molecule has 0 unspecified atom stereocenters. The molecule has 0 fully saturated rings. The van der Waals surface area contributed by atoms with Gasteiger partial charge in [-0.3, -0.25) is 9.78 Å². The van der Waals surface area contributed by atoms with Crippen LogP contribution in [0, 0.1) is 28.1 Å². The second-order valence-electron chi connectivity index (χ2n) is 4.90. The quantitative estimate of drug-likeness (QED) is 0.770. The third kappa shape index (κ3) is 4.03. The summed E-state index contributed by atoms with van der Waals surface area (Å²) in [5, 5.41) is 18.2. The fourth-order valence-corrected chi connectivity index (χ4v) is 2.21. The van der Waals surface area contributed by atoms with Crippen LogP contribution in [0.2, 0.25) is 0 Å². The van der Waals surface area contributed by atoms with Crippen molar-refractivity contribution in [3.63, 3.8) is 0 Å². The number of hydrogen-bond donors (Lipinski definition) is 0. The summed E-state index contributed by atoms with van der Waals surface area (Å²) in [6, 6.07) is 7.91. The van der Waals surface area contributed by atoms with Crippen molar-refractivity contribution in [1.82, 2.24) is 9.88 Å². The molecule has 5 nitrogen and oxygen atoms in total. The second-order valence-corrected chi connectivity index (χ2v) is 4.90. The average molecular weight is 284 g/mol. The third-order valence-corrected chi connectivity index (χ3v) is 3.71. The number of aromatic nitrogens is 1. The van der Waals surface area contributed by atoms with Crippen LogP contribution in [0.4, 0.5) is 0 Å². The van der Waals surface area contributed by atoms with E-state index in [0.717, 1.165) is 5.56 Å². The molecule has 0 aliphatic heterocycles. The molecule has 1 aromatic rings. The SMILES string of the molecule is CCC(C#N)(CC)C(=O)N(CCC#N)Cc1cccnc1. The van der Waals surface area contributed by atoms with Crippen molar-refractivity contribution in [3.8, 4) is 12.1 Å². The fourth-order valence-electron chi connectivity index (χ4n) is 2.21. The van der Waals surface area contributed by atoms with Gasteiger partial charge in [0.15, 0.2) is 0 Å². The molecular weight excluding hydrogens is 264 g/mol. The summed E-state index contributed by atoms with van der Waals surface area (Å²) in [7, 11) is 0. The summed E-state index contributed by atoms with van der Waals surface area (Å²) < 4.78 is 0. The van der Waals surface area contributed by atoms with Crippen molar-refractivity contribution in [3.05, 3.63) is 30.1 Å². The Labute approximate surface area is 125 Å². The molecule has 0 bridgehead atoms. The Hall–Kier alpha value is -2.40. The van der Waals surface area contributed by atoms with Gasteiger partial charge in [0.25, 0.3) is 0 Å². The van der Waals surface area contributed by atoms with Crippen molar-refractivity contribution < 1.29 is 4.79 Å². The number of pyridine rings is 1. The predicted octanol–water partition coefficient (Wildman–Crippen LogP) is 2.65. The maximum atomic E-state index is 12.7. The van der Waals surface area contributed by atoms with E-state index < -0.39 is 5.41 Å². The normalized spacial score (nSPS) is 10.5. The largest absolute Gasteiger partial charge is 0.336 e. The molecule has 0 N–H and O–H groups in total. The zero-order valence-corrected chi connectivity index (χ0v) is 12.5. The lowest BCUT2D eigenvalue weighted by atomic mass is 9.82. The van der Waals surface area contributed by atoms with Crippen LogP contribution in [0.5, 0.6) is 0 Å². The minimum atomic E-state index is -1.00. The summed E-state index contributed by atoms with van der Waals surface area (Å²) in [6.07, 6.45) is 4.55. The van der Waals surface area contributed by atoms with Gasteiger partial charge in [-0.2, -0.15) is 10.5 Å². The first-order valence-corrected chi connectivity index (χ1v) is 7.10. The van der Waals surface area contributed by atoms with E-state index in [-0.39, 0.29) is 12.3 Å². The zero-order valence-electron chi connectivity index (χ0n) is 12.5. The van der Waals surface area contributed by atoms with Crippen LogP contribution in [0.3, 0.4) is 0 Å². The van der Waals surface area contributed by atoms with E-state index >= 15 is 0 Å². The fraction of sp³-hybridized carbons (Fsp3) is 0.500. The topological polar surface area (TPSA) is 80.8 Å². The molecular formula is C16H20N4O. The Kier molecular flexibility index (Phi) is 6.36. The van der Waals surface area contributed by atoms with E-state index in [9.17, 15) is 10.1 Å². The highest BCUT2D eigenvalue weighted by atomic mass is 16.2. The van der Waals surface area contributed by atoms with Crippen molar-refractivity contribution in [2.24, 2.45) is 5.41 Å². The smallest absolute Gasteiger partial charge is 0.243 e. The molecule has 1 aromatic heterocycles. The minimum Gasteiger partial charge on any atom is -0.336 e. The molecule has 0 atom stereocenters. The molecule has 0 aliphatic carbocycles. The van der Waals surface area contributed by atoms with E-state index in [0.29, 0.717) is 25.9 Å². The second kappa shape index (κ2) is 8.01. The standard InChI is InChI=1S/C16H20N4O/c1-3-16(4-2,13-18)15(21)20(10-6-8-17)12-14-7-5-9-19-11-14/h5,7,9,11H,3-4,6,10,12H2,1-2H3. The van der Waals surface area contributed by atoms with Gasteiger partial charge < -0.3 is 4.90 Å². The first kappa shape index (κ1) is 16.7. The summed E-state index contributed by atoms with van der Waals surface area (Å²) in [6.45, 7) is 4.39. The lowest BCUT2D eigenvalue weighted by molar-refractivity contribution is -0.140. The van der Waals surface area contributed by atoms with Crippen molar-refractivity contribution in [1.29, 1.82) is 10.5 Å². The summed E-state index contributed by atoms with van der Waals surface area (Å²) in [4.78, 5) is 18.4. The highest BCUT2D eigenvalue weighted by Crippen LogP contribution is 2.29.